The SMILES string of the molecule is CC(C)CC(/N=C/C(C)Cc1ccc(C(C)C)cc1)C(=O)OC(C)(C)CC(C)(C)C. The Balaban J connectivity index is 2.80. The highest BCUT2D eigenvalue weighted by Gasteiger charge is 2.32. The molecule has 2 atom stereocenters. The Morgan fingerprint density at radius 1 is 1.00 bits per heavy atom. The van der Waals surface area contributed by atoms with Crippen molar-refractivity contribution in [2.75, 3.05) is 0 Å². The molecule has 0 fully saturated rings. The number of hydrogen-bond donors (Lipinski definition) is 0. The van der Waals surface area contributed by atoms with Crippen LogP contribution >= 0.6 is 0 Å². The first kappa shape index (κ1) is 26.4. The first-order valence-corrected chi connectivity index (χ1v) is 11.5. The normalized spacial score (nSPS) is 15.1. The van der Waals surface area contributed by atoms with Crippen molar-refractivity contribution in [1.82, 2.24) is 0 Å². The fraction of sp³-hybridized carbons (Fsp3) is 0.704. The van der Waals surface area contributed by atoms with Crippen molar-refractivity contribution >= 4 is 12.2 Å². The number of ether oxygens (including phenoxy) is 1. The summed E-state index contributed by atoms with van der Waals surface area (Å²) in [6, 6.07) is 8.39. The van der Waals surface area contributed by atoms with Crippen LogP contribution in [0.1, 0.15) is 99.1 Å². The molecule has 0 aliphatic carbocycles. The molecule has 30 heavy (non-hydrogen) atoms. The third-order valence-electron chi connectivity index (χ3n) is 5.02. The number of aliphatic imine (C=N–C) groups is 1. The lowest BCUT2D eigenvalue weighted by molar-refractivity contribution is -0.160. The highest BCUT2D eigenvalue weighted by Crippen LogP contribution is 2.30. The maximum Gasteiger partial charge on any atom is 0.331 e. The molecular formula is C27H45NO2. The molecule has 1 aromatic carbocycles. The van der Waals surface area contributed by atoms with Gasteiger partial charge in [0, 0.05) is 6.21 Å². The number of carbonyl (C=O) groups excluding carboxylic acids is 1. The first-order valence-electron chi connectivity index (χ1n) is 11.5. The quantitative estimate of drug-likeness (QED) is 0.298. The van der Waals surface area contributed by atoms with Crippen LogP contribution in [-0.2, 0) is 16.0 Å². The molecule has 0 bridgehead atoms. The molecular weight excluding hydrogens is 370 g/mol. The fourth-order valence-corrected chi connectivity index (χ4v) is 4.03. The van der Waals surface area contributed by atoms with E-state index >= 15 is 0 Å². The smallest absolute Gasteiger partial charge is 0.331 e. The van der Waals surface area contributed by atoms with Gasteiger partial charge in [0.25, 0.3) is 0 Å². The van der Waals surface area contributed by atoms with E-state index in [0.29, 0.717) is 18.3 Å². The van der Waals surface area contributed by atoms with Gasteiger partial charge in [-0.05, 0) is 67.4 Å². The monoisotopic (exact) mass is 415 g/mol. The van der Waals surface area contributed by atoms with Crippen LogP contribution in [0.2, 0.25) is 0 Å². The molecule has 0 saturated heterocycles. The van der Waals surface area contributed by atoms with Gasteiger partial charge in [-0.2, -0.15) is 0 Å². The standard InChI is InChI=1S/C27H45NO2/c1-19(2)15-24(25(29)30-27(9,10)18-26(6,7)8)28-17-21(5)16-22-11-13-23(14-12-22)20(3)4/h11-14,17,19-21,24H,15-16,18H2,1-10H3/b28-17+. The van der Waals surface area contributed by atoms with Crippen LogP contribution < -0.4 is 0 Å². The van der Waals surface area contributed by atoms with E-state index in [2.05, 4.69) is 84.6 Å². The topological polar surface area (TPSA) is 38.7 Å². The highest BCUT2D eigenvalue weighted by atomic mass is 16.6. The third-order valence-corrected chi connectivity index (χ3v) is 5.02. The number of rotatable bonds is 10. The van der Waals surface area contributed by atoms with Crippen molar-refractivity contribution < 1.29 is 9.53 Å². The molecule has 1 aromatic rings. The summed E-state index contributed by atoms with van der Waals surface area (Å²) in [5, 5.41) is 0. The summed E-state index contributed by atoms with van der Waals surface area (Å²) in [5.41, 5.74) is 2.26. The molecule has 0 radical (unpaired) electrons. The van der Waals surface area contributed by atoms with Gasteiger partial charge in [-0.1, -0.05) is 79.7 Å². The van der Waals surface area contributed by atoms with Crippen molar-refractivity contribution in [3.63, 3.8) is 0 Å². The molecule has 170 valence electrons. The van der Waals surface area contributed by atoms with Gasteiger partial charge >= 0.3 is 5.97 Å². The van der Waals surface area contributed by atoms with Crippen LogP contribution in [0.5, 0.6) is 0 Å². The molecule has 0 aromatic heterocycles. The van der Waals surface area contributed by atoms with Gasteiger partial charge in [-0.3, -0.25) is 4.99 Å². The average molecular weight is 416 g/mol. The molecule has 0 saturated carbocycles. The molecule has 3 heteroatoms. The number of hydrogen-bond acceptors (Lipinski definition) is 3. The lowest BCUT2D eigenvalue weighted by atomic mass is 9.83. The maximum absolute atomic E-state index is 12.9. The van der Waals surface area contributed by atoms with Crippen molar-refractivity contribution in [3.8, 4) is 0 Å². The van der Waals surface area contributed by atoms with E-state index in [-0.39, 0.29) is 17.3 Å². The molecule has 1 rings (SSSR count). The van der Waals surface area contributed by atoms with Gasteiger partial charge in [0.05, 0.1) is 0 Å². The second kappa shape index (κ2) is 11.1. The number of esters is 1. The zero-order valence-electron chi connectivity index (χ0n) is 21.1. The minimum absolute atomic E-state index is 0.0974. The molecule has 0 N–H and O–H groups in total. The van der Waals surface area contributed by atoms with Gasteiger partial charge in [-0.15, -0.1) is 0 Å². The van der Waals surface area contributed by atoms with Crippen molar-refractivity contribution in [2.45, 2.75) is 106 Å². The first-order chi connectivity index (χ1) is 13.7. The van der Waals surface area contributed by atoms with Crippen LogP contribution in [0.15, 0.2) is 29.3 Å². The minimum Gasteiger partial charge on any atom is -0.458 e. The number of carbonyl (C=O) groups is 1. The third kappa shape index (κ3) is 10.4. The second-order valence-corrected chi connectivity index (χ2v) is 11.4. The predicted octanol–water partition coefficient (Wildman–Crippen LogP) is 7.23. The summed E-state index contributed by atoms with van der Waals surface area (Å²) < 4.78 is 5.91. The van der Waals surface area contributed by atoms with Gasteiger partial charge in [-0.25, -0.2) is 4.79 Å². The summed E-state index contributed by atoms with van der Waals surface area (Å²) in [5.74, 6) is 0.982. The summed E-state index contributed by atoms with van der Waals surface area (Å²) >= 11 is 0. The summed E-state index contributed by atoms with van der Waals surface area (Å²) in [6.45, 7) is 21.3. The summed E-state index contributed by atoms with van der Waals surface area (Å²) in [7, 11) is 0. The van der Waals surface area contributed by atoms with Gasteiger partial charge in [0.15, 0.2) is 0 Å². The van der Waals surface area contributed by atoms with E-state index in [1.807, 2.05) is 20.1 Å². The summed E-state index contributed by atoms with van der Waals surface area (Å²) in [4.78, 5) is 17.6. The zero-order valence-corrected chi connectivity index (χ0v) is 21.1. The van der Waals surface area contributed by atoms with Crippen LogP contribution in [-0.4, -0.2) is 23.8 Å². The zero-order chi connectivity index (χ0) is 23.1. The summed E-state index contributed by atoms with van der Waals surface area (Å²) in [6.07, 6.45) is 4.38. The van der Waals surface area contributed by atoms with E-state index < -0.39 is 11.6 Å². The number of nitrogens with zero attached hydrogens (tertiary/aromatic N) is 1. The van der Waals surface area contributed by atoms with Crippen molar-refractivity contribution in [1.29, 1.82) is 0 Å². The Morgan fingerprint density at radius 3 is 2.03 bits per heavy atom. The Morgan fingerprint density at radius 2 is 1.57 bits per heavy atom. The molecule has 3 nitrogen and oxygen atoms in total. The van der Waals surface area contributed by atoms with Gasteiger partial charge in [0.1, 0.15) is 11.6 Å². The molecule has 0 aliphatic rings. The predicted molar refractivity (Wildman–Crippen MR) is 129 cm³/mol. The van der Waals surface area contributed by atoms with E-state index in [9.17, 15) is 4.79 Å². The van der Waals surface area contributed by atoms with Crippen LogP contribution in [0.25, 0.3) is 0 Å². The van der Waals surface area contributed by atoms with Gasteiger partial charge in [0.2, 0.25) is 0 Å². The highest BCUT2D eigenvalue weighted by molar-refractivity contribution is 5.78. The number of benzene rings is 1. The molecule has 0 heterocycles. The van der Waals surface area contributed by atoms with E-state index in [1.165, 1.54) is 11.1 Å². The van der Waals surface area contributed by atoms with Gasteiger partial charge < -0.3 is 4.74 Å². The largest absolute Gasteiger partial charge is 0.458 e. The van der Waals surface area contributed by atoms with Crippen LogP contribution in [0.4, 0.5) is 0 Å². The van der Waals surface area contributed by atoms with Crippen LogP contribution in [0, 0.1) is 17.3 Å². The lowest BCUT2D eigenvalue weighted by Gasteiger charge is -2.33. The Kier molecular flexibility index (Phi) is 9.78. The molecule has 2 unspecified atom stereocenters. The second-order valence-electron chi connectivity index (χ2n) is 11.4. The fourth-order valence-electron chi connectivity index (χ4n) is 4.03. The van der Waals surface area contributed by atoms with E-state index in [1.54, 1.807) is 0 Å². The van der Waals surface area contributed by atoms with Crippen molar-refractivity contribution in [2.24, 2.45) is 22.2 Å². The minimum atomic E-state index is -0.496. The van der Waals surface area contributed by atoms with E-state index in [4.69, 9.17) is 4.74 Å². The van der Waals surface area contributed by atoms with Crippen LogP contribution in [0.3, 0.4) is 0 Å². The Bertz CT molecular complexity index is 678. The molecule has 0 spiro atoms. The Hall–Kier alpha value is -1.64. The molecule has 0 aliphatic heterocycles. The van der Waals surface area contributed by atoms with Crippen molar-refractivity contribution in [3.05, 3.63) is 35.4 Å². The molecule has 0 amide bonds. The van der Waals surface area contributed by atoms with E-state index in [0.717, 1.165) is 12.8 Å². The maximum atomic E-state index is 12.9. The lowest BCUT2D eigenvalue weighted by Crippen LogP contribution is -2.37. The average Bonchev–Trinajstić information content (AvgIpc) is 2.55. The Labute approximate surface area is 185 Å².